The highest BCUT2D eigenvalue weighted by Gasteiger charge is 2.18. The zero-order valence-corrected chi connectivity index (χ0v) is 14.2. The number of fused-ring (bicyclic) bond motifs is 1. The predicted octanol–water partition coefficient (Wildman–Crippen LogP) is 1.45. The van der Waals surface area contributed by atoms with Crippen LogP contribution < -0.4 is 11.1 Å². The van der Waals surface area contributed by atoms with Gasteiger partial charge in [0, 0.05) is 13.0 Å². The smallest absolute Gasteiger partial charge is 0.237 e. The summed E-state index contributed by atoms with van der Waals surface area (Å²) in [5.74, 6) is 2.17. The van der Waals surface area contributed by atoms with Gasteiger partial charge in [-0.3, -0.25) is 4.79 Å². The number of carbonyl (C=O) groups excluding carboxylic acids is 1. The molecule has 21 heavy (non-hydrogen) atoms. The molecule has 122 valence electrons. The third-order valence-corrected chi connectivity index (χ3v) is 3.42. The van der Waals surface area contributed by atoms with Gasteiger partial charge in [0.25, 0.3) is 0 Å². The van der Waals surface area contributed by atoms with Gasteiger partial charge in [-0.15, -0.1) is 35.0 Å². The minimum atomic E-state index is -0.441. The summed E-state index contributed by atoms with van der Waals surface area (Å²) in [5, 5.41) is 11.2. The molecule has 1 aromatic rings. The summed E-state index contributed by atoms with van der Waals surface area (Å²) < 4.78 is 2.11. The van der Waals surface area contributed by atoms with Crippen molar-refractivity contribution in [1.82, 2.24) is 20.1 Å². The summed E-state index contributed by atoms with van der Waals surface area (Å²) in [5.41, 5.74) is 5.84. The second kappa shape index (κ2) is 9.23. The first-order chi connectivity index (χ1) is 9.08. The predicted molar refractivity (Wildman–Crippen MR) is 86.7 cm³/mol. The number of aromatic nitrogens is 3. The fourth-order valence-electron chi connectivity index (χ4n) is 2.41. The highest BCUT2D eigenvalue weighted by atomic mass is 35.5. The molecule has 0 aliphatic carbocycles. The Balaban J connectivity index is 0.00000200. The molecule has 0 bridgehead atoms. The molecule has 1 aliphatic rings. The molecule has 6 nitrogen and oxygen atoms in total. The number of carbonyl (C=O) groups is 1. The molecule has 8 heteroatoms. The first kappa shape index (κ1) is 20.1. The maximum absolute atomic E-state index is 11.8. The zero-order valence-electron chi connectivity index (χ0n) is 12.5. The molecule has 1 amide bonds. The molecule has 0 saturated carbocycles. The van der Waals surface area contributed by atoms with Crippen LogP contribution in [-0.2, 0) is 24.3 Å². The summed E-state index contributed by atoms with van der Waals surface area (Å²) in [4.78, 5) is 11.8. The first-order valence-corrected chi connectivity index (χ1v) is 7.02. The van der Waals surface area contributed by atoms with E-state index < -0.39 is 6.04 Å². The lowest BCUT2D eigenvalue weighted by molar-refractivity contribution is -0.122. The van der Waals surface area contributed by atoms with Crippen LogP contribution in [0.25, 0.3) is 0 Å². The Morgan fingerprint density at radius 1 is 1.33 bits per heavy atom. The van der Waals surface area contributed by atoms with E-state index in [1.54, 1.807) is 0 Å². The van der Waals surface area contributed by atoms with Gasteiger partial charge >= 0.3 is 0 Å². The Labute approximate surface area is 138 Å². The lowest BCUT2D eigenvalue weighted by atomic mass is 10.0. The van der Waals surface area contributed by atoms with Gasteiger partial charge in [-0.05, 0) is 25.2 Å². The molecular weight excluding hydrogens is 313 g/mol. The minimum Gasteiger partial charge on any atom is -0.347 e. The number of halogens is 2. The van der Waals surface area contributed by atoms with Crippen LogP contribution in [0.1, 0.15) is 44.8 Å². The number of rotatable bonds is 5. The largest absolute Gasteiger partial charge is 0.347 e. The van der Waals surface area contributed by atoms with Gasteiger partial charge in [0.2, 0.25) is 5.91 Å². The molecule has 0 radical (unpaired) electrons. The number of nitrogens with one attached hydrogen (secondary N) is 1. The van der Waals surface area contributed by atoms with Crippen LogP contribution in [-0.4, -0.2) is 26.7 Å². The molecule has 0 spiro atoms. The summed E-state index contributed by atoms with van der Waals surface area (Å²) >= 11 is 0. The van der Waals surface area contributed by atoms with Crippen LogP contribution in [0, 0.1) is 5.92 Å². The highest BCUT2D eigenvalue weighted by Crippen LogP contribution is 2.14. The summed E-state index contributed by atoms with van der Waals surface area (Å²) in [7, 11) is 0. The molecule has 0 saturated heterocycles. The van der Waals surface area contributed by atoms with E-state index in [-0.39, 0.29) is 30.7 Å². The number of hydrogen-bond acceptors (Lipinski definition) is 4. The van der Waals surface area contributed by atoms with Crippen LogP contribution in [0.3, 0.4) is 0 Å². The molecule has 2 rings (SSSR count). The molecule has 3 N–H and O–H groups in total. The maximum Gasteiger partial charge on any atom is 0.237 e. The lowest BCUT2D eigenvalue weighted by Crippen LogP contribution is -2.41. The summed E-state index contributed by atoms with van der Waals surface area (Å²) in [6.07, 6.45) is 4.00. The highest BCUT2D eigenvalue weighted by molar-refractivity contribution is 5.85. The Morgan fingerprint density at radius 2 is 2.05 bits per heavy atom. The minimum absolute atomic E-state index is 0. The Hall–Kier alpha value is -0.850. The third-order valence-electron chi connectivity index (χ3n) is 3.42. The summed E-state index contributed by atoms with van der Waals surface area (Å²) in [6, 6.07) is -0.441. The molecule has 1 aromatic heterocycles. The van der Waals surface area contributed by atoms with Crippen molar-refractivity contribution >= 4 is 30.7 Å². The van der Waals surface area contributed by atoms with E-state index in [2.05, 4.69) is 33.9 Å². The standard InChI is InChI=1S/C13H23N5O.2ClH/c1-9(2)7-10(14)13(19)15-8-12-17-16-11-5-3-4-6-18(11)12;;/h9-10H,3-8,14H2,1-2H3,(H,15,19);2*1H/t10-;;/m0../s1. The number of aryl methyl sites for hydroxylation is 1. The van der Waals surface area contributed by atoms with Crippen LogP contribution in [0.2, 0.25) is 0 Å². The van der Waals surface area contributed by atoms with Crippen molar-refractivity contribution in [2.45, 2.75) is 58.7 Å². The average Bonchev–Trinajstić information content (AvgIpc) is 2.78. The first-order valence-electron chi connectivity index (χ1n) is 7.02. The van der Waals surface area contributed by atoms with E-state index in [9.17, 15) is 4.79 Å². The Kier molecular flexibility index (Phi) is 8.85. The lowest BCUT2D eigenvalue weighted by Gasteiger charge is -2.16. The number of amides is 1. The van der Waals surface area contributed by atoms with Crippen LogP contribution in [0.4, 0.5) is 0 Å². The average molecular weight is 338 g/mol. The number of hydrogen-bond donors (Lipinski definition) is 2. The van der Waals surface area contributed by atoms with Gasteiger partial charge in [-0.25, -0.2) is 0 Å². The molecule has 2 heterocycles. The van der Waals surface area contributed by atoms with Crippen molar-refractivity contribution in [3.63, 3.8) is 0 Å². The fourth-order valence-corrected chi connectivity index (χ4v) is 2.41. The van der Waals surface area contributed by atoms with Crippen molar-refractivity contribution in [3.8, 4) is 0 Å². The number of nitrogens with two attached hydrogens (primary N) is 1. The van der Waals surface area contributed by atoms with Crippen molar-refractivity contribution < 1.29 is 4.79 Å². The van der Waals surface area contributed by atoms with Crippen molar-refractivity contribution in [1.29, 1.82) is 0 Å². The van der Waals surface area contributed by atoms with Crippen LogP contribution in [0.5, 0.6) is 0 Å². The molecule has 1 atom stereocenters. The van der Waals surface area contributed by atoms with E-state index in [1.165, 1.54) is 6.42 Å². The van der Waals surface area contributed by atoms with Crippen LogP contribution >= 0.6 is 24.8 Å². The van der Waals surface area contributed by atoms with E-state index in [0.717, 1.165) is 31.0 Å². The van der Waals surface area contributed by atoms with Gasteiger partial charge < -0.3 is 15.6 Å². The normalized spacial score (nSPS) is 14.7. The van der Waals surface area contributed by atoms with Gasteiger partial charge in [0.1, 0.15) is 5.82 Å². The van der Waals surface area contributed by atoms with Gasteiger partial charge in [0.05, 0.1) is 12.6 Å². The van der Waals surface area contributed by atoms with E-state index >= 15 is 0 Å². The van der Waals surface area contributed by atoms with E-state index in [4.69, 9.17) is 5.73 Å². The van der Waals surface area contributed by atoms with Gasteiger partial charge in [-0.2, -0.15) is 0 Å². The number of nitrogens with zero attached hydrogens (tertiary/aromatic N) is 3. The van der Waals surface area contributed by atoms with Crippen molar-refractivity contribution in [3.05, 3.63) is 11.6 Å². The maximum atomic E-state index is 11.8. The zero-order chi connectivity index (χ0) is 13.8. The molecule has 0 fully saturated rings. The Morgan fingerprint density at radius 3 is 2.71 bits per heavy atom. The molecular formula is C13H25Cl2N5O. The SMILES string of the molecule is CC(C)C[C@H](N)C(=O)NCc1nnc2n1CCCC2.Cl.Cl. The fraction of sp³-hybridized carbons (Fsp3) is 0.769. The molecule has 1 aliphatic heterocycles. The monoisotopic (exact) mass is 337 g/mol. The molecule has 0 unspecified atom stereocenters. The summed E-state index contributed by atoms with van der Waals surface area (Å²) in [6.45, 7) is 5.48. The topological polar surface area (TPSA) is 85.8 Å². The second-order valence-corrected chi connectivity index (χ2v) is 5.60. The molecule has 0 aromatic carbocycles. The second-order valence-electron chi connectivity index (χ2n) is 5.60. The van der Waals surface area contributed by atoms with Gasteiger partial charge in [-0.1, -0.05) is 13.8 Å². The van der Waals surface area contributed by atoms with Crippen LogP contribution in [0.15, 0.2) is 0 Å². The van der Waals surface area contributed by atoms with E-state index in [0.29, 0.717) is 18.9 Å². The Bertz CT molecular complexity index is 450. The van der Waals surface area contributed by atoms with Crippen molar-refractivity contribution in [2.75, 3.05) is 0 Å². The third kappa shape index (κ3) is 5.45. The van der Waals surface area contributed by atoms with Crippen molar-refractivity contribution in [2.24, 2.45) is 11.7 Å². The quantitative estimate of drug-likeness (QED) is 0.851. The van der Waals surface area contributed by atoms with E-state index in [1.807, 2.05) is 0 Å². The van der Waals surface area contributed by atoms with Gasteiger partial charge in [0.15, 0.2) is 5.82 Å².